The van der Waals surface area contributed by atoms with Gasteiger partial charge in [-0.15, -0.1) is 11.3 Å². The van der Waals surface area contributed by atoms with Gasteiger partial charge in [-0.3, -0.25) is 14.7 Å². The van der Waals surface area contributed by atoms with Crippen molar-refractivity contribution in [2.24, 2.45) is 10.4 Å². The Hall–Kier alpha value is -3.88. The van der Waals surface area contributed by atoms with Crippen LogP contribution < -0.4 is 5.32 Å². The van der Waals surface area contributed by atoms with Gasteiger partial charge >= 0.3 is 18.0 Å². The van der Waals surface area contributed by atoms with Crippen LogP contribution in [0.1, 0.15) is 48.4 Å². The fraction of sp³-hybridized carbons (Fsp3) is 0.531. The molecular formula is C32H37FN6O6S. The van der Waals surface area contributed by atoms with Crippen molar-refractivity contribution in [2.75, 3.05) is 46.5 Å². The third-order valence-electron chi connectivity index (χ3n) is 10.2. The molecule has 2 amide bonds. The SMILES string of the molecule is CCOC(=O)C1=C(CN2CCN3C(=O)N(C45CC(COC)(C4)C5)C[C@@H]3[C@H]2C(=O)O)NC(c2nccs2)=NC1c1cccc(F)c1C. The monoisotopic (exact) mass is 652 g/mol. The van der Waals surface area contributed by atoms with Gasteiger partial charge in [-0.2, -0.15) is 0 Å². The van der Waals surface area contributed by atoms with E-state index in [0.29, 0.717) is 47.4 Å². The van der Waals surface area contributed by atoms with Gasteiger partial charge in [-0.05, 0) is 50.3 Å². The second-order valence-corrected chi connectivity index (χ2v) is 13.9. The maximum Gasteiger partial charge on any atom is 0.338 e. The molecule has 2 aromatic rings. The number of esters is 1. The first-order valence-corrected chi connectivity index (χ1v) is 16.4. The van der Waals surface area contributed by atoms with Crippen molar-refractivity contribution in [1.82, 2.24) is 25.0 Å². The van der Waals surface area contributed by atoms with E-state index >= 15 is 0 Å². The zero-order valence-corrected chi connectivity index (χ0v) is 26.8. The van der Waals surface area contributed by atoms with Crippen LogP contribution in [-0.2, 0) is 19.1 Å². The minimum atomic E-state index is -1.04. The van der Waals surface area contributed by atoms with Crippen LogP contribution in [0.2, 0.25) is 0 Å². The number of fused-ring (bicyclic) bond motifs is 1. The van der Waals surface area contributed by atoms with Crippen molar-refractivity contribution >= 4 is 35.1 Å². The lowest BCUT2D eigenvalue weighted by molar-refractivity contribution is -0.222. The molecule has 3 saturated carbocycles. The number of urea groups is 1. The Balaban J connectivity index is 1.23. The van der Waals surface area contributed by atoms with Gasteiger partial charge in [0.05, 0.1) is 24.8 Å². The molecule has 0 spiro atoms. The Morgan fingerprint density at radius 3 is 2.70 bits per heavy atom. The normalized spacial score (nSPS) is 30.3. The molecule has 1 aromatic carbocycles. The Bertz CT molecular complexity index is 1630. The number of carbonyl (C=O) groups is 3. The number of amides is 2. The number of halogens is 1. The highest BCUT2D eigenvalue weighted by Crippen LogP contribution is 2.70. The quantitative estimate of drug-likeness (QED) is 0.372. The van der Waals surface area contributed by atoms with Crippen LogP contribution in [0, 0.1) is 18.2 Å². The number of ether oxygens (including phenoxy) is 2. The summed E-state index contributed by atoms with van der Waals surface area (Å²) >= 11 is 1.35. The van der Waals surface area contributed by atoms with Crippen LogP contribution in [0.4, 0.5) is 9.18 Å². The molecule has 8 rings (SSSR count). The molecule has 3 aliphatic heterocycles. The molecule has 6 aliphatic rings. The summed E-state index contributed by atoms with van der Waals surface area (Å²) in [6.45, 7) is 5.12. The summed E-state index contributed by atoms with van der Waals surface area (Å²) in [5.74, 6) is -1.70. The van der Waals surface area contributed by atoms with Crippen LogP contribution in [0.25, 0.3) is 0 Å². The lowest BCUT2D eigenvalue weighted by atomic mass is 9.39. The highest BCUT2D eigenvalue weighted by atomic mass is 32.1. The minimum Gasteiger partial charge on any atom is -0.480 e. The maximum absolute atomic E-state index is 14.8. The largest absolute Gasteiger partial charge is 0.480 e. The minimum absolute atomic E-state index is 0.0427. The summed E-state index contributed by atoms with van der Waals surface area (Å²) in [4.78, 5) is 54.9. The summed E-state index contributed by atoms with van der Waals surface area (Å²) in [5.41, 5.74) is 1.35. The number of methoxy groups -OCH3 is 1. The second-order valence-electron chi connectivity index (χ2n) is 13.0. The van der Waals surface area contributed by atoms with Crippen molar-refractivity contribution in [3.05, 3.63) is 63.0 Å². The molecule has 1 unspecified atom stereocenters. The molecule has 2 saturated heterocycles. The number of carboxylic acid groups (broad SMARTS) is 1. The van der Waals surface area contributed by atoms with E-state index in [4.69, 9.17) is 14.5 Å². The first kappa shape index (κ1) is 30.8. The van der Waals surface area contributed by atoms with Crippen LogP contribution in [0.3, 0.4) is 0 Å². The van der Waals surface area contributed by atoms with E-state index in [1.807, 2.05) is 4.90 Å². The molecule has 3 atom stereocenters. The Labute approximate surface area is 269 Å². The number of benzene rings is 1. The van der Waals surface area contributed by atoms with Crippen LogP contribution in [0.5, 0.6) is 0 Å². The predicted molar refractivity (Wildman–Crippen MR) is 166 cm³/mol. The molecule has 0 radical (unpaired) electrons. The Morgan fingerprint density at radius 1 is 1.24 bits per heavy atom. The average Bonchev–Trinajstić information content (AvgIpc) is 3.64. The predicted octanol–water partition coefficient (Wildman–Crippen LogP) is 2.94. The lowest BCUT2D eigenvalue weighted by Gasteiger charge is -2.73. The first-order chi connectivity index (χ1) is 22.1. The topological polar surface area (TPSA) is 137 Å². The van der Waals surface area contributed by atoms with E-state index < -0.39 is 35.9 Å². The fourth-order valence-corrected chi connectivity index (χ4v) is 8.94. The molecule has 12 nitrogen and oxygen atoms in total. The zero-order chi connectivity index (χ0) is 32.4. The van der Waals surface area contributed by atoms with Crippen molar-refractivity contribution < 1.29 is 33.4 Å². The number of carboxylic acids is 1. The average molecular weight is 653 g/mol. The van der Waals surface area contributed by atoms with Crippen LogP contribution in [0.15, 0.2) is 46.0 Å². The van der Waals surface area contributed by atoms with Gasteiger partial charge in [0.15, 0.2) is 10.8 Å². The van der Waals surface area contributed by atoms with Gasteiger partial charge in [-0.25, -0.2) is 19.0 Å². The number of carbonyl (C=O) groups excluding carboxylic acids is 2. The lowest BCUT2D eigenvalue weighted by Crippen LogP contribution is -2.76. The number of rotatable bonds is 10. The van der Waals surface area contributed by atoms with Gasteiger partial charge in [0, 0.05) is 61.5 Å². The molecule has 5 fully saturated rings. The summed E-state index contributed by atoms with van der Waals surface area (Å²) in [7, 11) is 1.69. The number of thiazole rings is 1. The smallest absolute Gasteiger partial charge is 0.338 e. The highest BCUT2D eigenvalue weighted by molar-refractivity contribution is 7.11. The van der Waals surface area contributed by atoms with E-state index in [2.05, 4.69) is 10.3 Å². The first-order valence-electron chi connectivity index (χ1n) is 15.5. The maximum atomic E-state index is 14.8. The molecule has 46 heavy (non-hydrogen) atoms. The molecule has 1 aromatic heterocycles. The molecule has 244 valence electrons. The van der Waals surface area contributed by atoms with E-state index in [-0.39, 0.29) is 42.3 Å². The third kappa shape index (κ3) is 4.80. The van der Waals surface area contributed by atoms with Crippen molar-refractivity contribution in [2.45, 2.75) is 56.8 Å². The van der Waals surface area contributed by atoms with Crippen LogP contribution in [-0.4, -0.2) is 113 Å². The van der Waals surface area contributed by atoms with Gasteiger partial charge in [0.1, 0.15) is 17.9 Å². The summed E-state index contributed by atoms with van der Waals surface area (Å²) in [6, 6.07) is 2.06. The zero-order valence-electron chi connectivity index (χ0n) is 26.0. The number of aliphatic carboxylic acids is 1. The standard InChI is InChI=1S/C32H37FN6O6S/c1-4-45-29(42)23-21(35-26(27-34-8-11-46-27)36-24(23)19-6-5-7-20(33)18(19)2)12-37-9-10-38-22(25(37)28(40)41)13-39(30(38)43)32-14-31(15-32,16-32)17-44-3/h5-8,11,22,24-25H,4,9-10,12-17H2,1-3H3,(H,35,36)(H,40,41)/t22-,24?,25+,31?,32?/m1/s1. The van der Waals surface area contributed by atoms with E-state index in [1.165, 1.54) is 17.4 Å². The van der Waals surface area contributed by atoms with Crippen molar-refractivity contribution in [3.63, 3.8) is 0 Å². The molecule has 2 bridgehead atoms. The highest BCUT2D eigenvalue weighted by Gasteiger charge is 2.72. The number of piperazine rings is 1. The van der Waals surface area contributed by atoms with E-state index in [9.17, 15) is 23.9 Å². The third-order valence-corrected chi connectivity index (χ3v) is 11.0. The fourth-order valence-electron chi connectivity index (χ4n) is 8.36. The van der Waals surface area contributed by atoms with Gasteiger partial charge < -0.3 is 29.7 Å². The molecule has 14 heteroatoms. The summed E-state index contributed by atoms with van der Waals surface area (Å²) in [6.07, 6.45) is 4.27. The Kier molecular flexibility index (Phi) is 7.64. The number of aromatic nitrogens is 1. The molecular weight excluding hydrogens is 615 g/mol. The van der Waals surface area contributed by atoms with Crippen molar-refractivity contribution in [1.29, 1.82) is 0 Å². The number of hydrogen-bond acceptors (Lipinski definition) is 10. The number of hydrogen-bond donors (Lipinski definition) is 2. The van der Waals surface area contributed by atoms with Crippen molar-refractivity contribution in [3.8, 4) is 0 Å². The summed E-state index contributed by atoms with van der Waals surface area (Å²) < 4.78 is 25.7. The van der Waals surface area contributed by atoms with E-state index in [0.717, 1.165) is 19.3 Å². The van der Waals surface area contributed by atoms with Crippen LogP contribution >= 0.6 is 11.3 Å². The molecule has 2 N–H and O–H groups in total. The number of aliphatic imine (C=N–C) groups is 1. The van der Waals surface area contributed by atoms with E-state index in [1.54, 1.807) is 54.5 Å². The van der Waals surface area contributed by atoms with Gasteiger partial charge in [0.2, 0.25) is 0 Å². The second kappa shape index (κ2) is 11.4. The van der Waals surface area contributed by atoms with Gasteiger partial charge in [-0.1, -0.05) is 12.1 Å². The summed E-state index contributed by atoms with van der Waals surface area (Å²) in [5, 5.41) is 16.2. The Morgan fingerprint density at radius 2 is 2.02 bits per heavy atom. The number of amidine groups is 1. The molecule has 4 heterocycles. The number of nitrogens with one attached hydrogen (secondary N) is 1. The molecule has 3 aliphatic carbocycles. The van der Waals surface area contributed by atoms with Gasteiger partial charge in [0.25, 0.3) is 0 Å². The number of nitrogens with zero attached hydrogens (tertiary/aromatic N) is 5.